The molecule has 0 atom stereocenters. The summed E-state index contributed by atoms with van der Waals surface area (Å²) in [6.45, 7) is 5.79. The molecule has 3 heteroatoms. The average Bonchev–Trinajstić information content (AvgIpc) is 1.84. The van der Waals surface area contributed by atoms with Crippen molar-refractivity contribution in [2.24, 2.45) is 5.92 Å². The van der Waals surface area contributed by atoms with Crippen molar-refractivity contribution in [1.82, 2.24) is 0 Å². The Morgan fingerprint density at radius 1 is 1.50 bits per heavy atom. The maximum atomic E-state index is 10.3. The second-order valence-corrected chi connectivity index (χ2v) is 3.37. The minimum absolute atomic E-state index is 0. The van der Waals surface area contributed by atoms with E-state index in [0.29, 0.717) is 16.5 Å². The molecule has 0 bridgehead atoms. The van der Waals surface area contributed by atoms with Crippen LogP contribution in [-0.2, 0) is 21.9 Å². The van der Waals surface area contributed by atoms with E-state index in [1.165, 1.54) is 0 Å². The van der Waals surface area contributed by atoms with Crippen LogP contribution in [0.5, 0.6) is 0 Å². The van der Waals surface area contributed by atoms with Crippen molar-refractivity contribution in [3.63, 3.8) is 0 Å². The molecular weight excluding hydrogens is 223 g/mol. The van der Waals surface area contributed by atoms with Crippen LogP contribution in [0.2, 0.25) is 0 Å². The van der Waals surface area contributed by atoms with E-state index < -0.39 is 0 Å². The third-order valence-electron chi connectivity index (χ3n) is 0.990. The molecule has 1 nitrogen and oxygen atoms in total. The minimum Gasteiger partial charge on any atom is -0.376 e. The van der Waals surface area contributed by atoms with Gasteiger partial charge in [0.05, 0.1) is 6.29 Å². The molecule has 0 aliphatic carbocycles. The van der Waals surface area contributed by atoms with Gasteiger partial charge in [0.25, 0.3) is 0 Å². The van der Waals surface area contributed by atoms with Gasteiger partial charge in [0.15, 0.2) is 0 Å². The van der Waals surface area contributed by atoms with Crippen LogP contribution in [0.1, 0.15) is 20.8 Å². The van der Waals surface area contributed by atoms with Crippen LogP contribution in [-0.4, -0.2) is 6.29 Å². The quantitative estimate of drug-likeness (QED) is 0.316. The maximum Gasteiger partial charge on any atom is 1.00 e. The van der Waals surface area contributed by atoms with Crippen LogP contribution in [0.4, 0.5) is 0 Å². The predicted molar refractivity (Wildman–Crippen MR) is 43.8 cm³/mol. The van der Waals surface area contributed by atoms with E-state index in [2.05, 4.69) is 0 Å². The Morgan fingerprint density at radius 3 is 2.25 bits per heavy atom. The standard InChI is InChI=1S/C9H13ClO.Cu/c1-7(2)4-9(6-11)5-8(3)10;/h4-5,7,10H,1-3H3;/q;+1/b8-5-,9-4+;. The predicted octanol–water partition coefficient (Wildman–Crippen LogP) is 1.86. The van der Waals surface area contributed by atoms with Crippen LogP contribution < -0.4 is 0 Å². The Balaban J connectivity index is 0. The number of rotatable bonds is 3. The third kappa shape index (κ3) is 8.06. The molecule has 0 saturated heterocycles. The van der Waals surface area contributed by atoms with Gasteiger partial charge in [-0.15, -0.1) is 5.57 Å². The van der Waals surface area contributed by atoms with Crippen molar-refractivity contribution in [3.05, 3.63) is 22.8 Å². The summed E-state index contributed by atoms with van der Waals surface area (Å²) in [6, 6.07) is 0. The maximum absolute atomic E-state index is 10.3. The van der Waals surface area contributed by atoms with Gasteiger partial charge in [-0.3, -0.25) is 0 Å². The number of allylic oxidation sites excluding steroid dienone is 4. The largest absolute Gasteiger partial charge is 1.00 e. The first-order chi connectivity index (χ1) is 5.06. The van der Waals surface area contributed by atoms with Crippen molar-refractivity contribution in [1.29, 1.82) is 0 Å². The van der Waals surface area contributed by atoms with E-state index >= 15 is 0 Å². The summed E-state index contributed by atoms with van der Waals surface area (Å²) in [5, 5.41) is 0.709. The first kappa shape index (κ1) is 14.5. The first-order valence-corrected chi connectivity index (χ1v) is 3.92. The molecule has 0 aromatic carbocycles. The molecule has 72 valence electrons. The zero-order chi connectivity index (χ0) is 8.85. The molecule has 0 aromatic heterocycles. The van der Waals surface area contributed by atoms with E-state index in [1.54, 1.807) is 13.0 Å². The fraction of sp³-hybridized carbons (Fsp3) is 0.444. The normalized spacial score (nSPS) is 12.8. The van der Waals surface area contributed by atoms with E-state index in [1.807, 2.05) is 26.2 Å². The molecule has 0 aliphatic rings. The second kappa shape index (κ2) is 7.60. The van der Waals surface area contributed by atoms with Gasteiger partial charge in [-0.2, -0.15) is 6.08 Å². The van der Waals surface area contributed by atoms with Gasteiger partial charge in [-0.05, 0) is 0 Å². The number of halogens is 1. The number of hydrogen-bond donors (Lipinski definition) is 0. The van der Waals surface area contributed by atoms with E-state index in [9.17, 15) is 4.79 Å². The number of carbonyl (C=O) groups excluding carboxylic acids is 1. The Morgan fingerprint density at radius 2 is 2.00 bits per heavy atom. The van der Waals surface area contributed by atoms with Gasteiger partial charge in [0, 0.05) is 6.92 Å². The zero-order valence-electron chi connectivity index (χ0n) is 7.35. The van der Waals surface area contributed by atoms with Crippen molar-refractivity contribution >= 4 is 6.29 Å². The number of hydrogen-bond acceptors (Lipinski definition) is 1. The van der Waals surface area contributed by atoms with Crippen LogP contribution in [0.3, 0.4) is 0 Å². The molecule has 0 saturated carbocycles. The SMILES string of the molecule is C/C([ClH+])=C/C([C-]=O)=C\C(C)C.[Cu+]. The van der Waals surface area contributed by atoms with Gasteiger partial charge in [-0.25, -0.2) is 0 Å². The molecule has 0 unspecified atom stereocenters. The summed E-state index contributed by atoms with van der Waals surface area (Å²) in [7, 11) is 0. The summed E-state index contributed by atoms with van der Waals surface area (Å²) < 4.78 is 0. The molecule has 0 fully saturated rings. The molecule has 0 rings (SSSR count). The summed E-state index contributed by atoms with van der Waals surface area (Å²) >= 11 is 4.82. The van der Waals surface area contributed by atoms with Crippen LogP contribution in [0.15, 0.2) is 22.8 Å². The summed E-state index contributed by atoms with van der Waals surface area (Å²) in [5.74, 6) is 0.358. The van der Waals surface area contributed by atoms with Crippen molar-refractivity contribution in [2.75, 3.05) is 0 Å². The molecule has 12 heavy (non-hydrogen) atoms. The van der Waals surface area contributed by atoms with Crippen molar-refractivity contribution < 1.29 is 33.5 Å². The fourth-order valence-electron chi connectivity index (χ4n) is 0.690. The molecule has 0 heterocycles. The minimum atomic E-state index is 0. The first-order valence-electron chi connectivity index (χ1n) is 3.51. The van der Waals surface area contributed by atoms with Crippen molar-refractivity contribution in [2.45, 2.75) is 20.8 Å². The zero-order valence-corrected chi connectivity index (χ0v) is 9.11. The molecular formula is C9H13ClCuO+. The summed E-state index contributed by atoms with van der Waals surface area (Å²) in [6.07, 6.45) is 5.32. The third-order valence-corrected chi connectivity index (χ3v) is 1.11. The van der Waals surface area contributed by atoms with Crippen LogP contribution in [0.25, 0.3) is 0 Å². The average molecular weight is 236 g/mol. The Kier molecular flexibility index (Phi) is 9.17. The van der Waals surface area contributed by atoms with E-state index in [0.717, 1.165) is 0 Å². The Hall–Kier alpha value is -0.0405. The topological polar surface area (TPSA) is 17.1 Å². The Labute approximate surface area is 89.3 Å². The Bertz CT molecular complexity index is 191. The van der Waals surface area contributed by atoms with Gasteiger partial charge in [0.2, 0.25) is 0 Å². The molecule has 0 amide bonds. The summed E-state index contributed by atoms with van der Waals surface area (Å²) in [5.41, 5.74) is 0.549. The van der Waals surface area contributed by atoms with Gasteiger partial charge in [-0.1, -0.05) is 25.8 Å². The molecule has 0 radical (unpaired) electrons. The molecule has 0 spiro atoms. The summed E-state index contributed by atoms with van der Waals surface area (Å²) in [4.78, 5) is 10.3. The second-order valence-electron chi connectivity index (χ2n) is 2.72. The molecule has 0 N–H and O–H groups in total. The van der Waals surface area contributed by atoms with Gasteiger partial charge < -0.3 is 4.79 Å². The monoisotopic (exact) mass is 235 g/mol. The molecule has 0 aliphatic heterocycles. The van der Waals surface area contributed by atoms with Crippen LogP contribution >= 0.6 is 0 Å². The van der Waals surface area contributed by atoms with Crippen molar-refractivity contribution in [3.8, 4) is 0 Å². The smallest absolute Gasteiger partial charge is 0.376 e. The van der Waals surface area contributed by atoms with E-state index in [4.69, 9.17) is 11.6 Å². The van der Waals surface area contributed by atoms with E-state index in [-0.39, 0.29) is 17.1 Å². The van der Waals surface area contributed by atoms with Gasteiger partial charge in [0.1, 0.15) is 16.6 Å². The molecule has 0 aromatic rings. The van der Waals surface area contributed by atoms with Crippen LogP contribution in [0, 0.1) is 17.5 Å². The van der Waals surface area contributed by atoms with Gasteiger partial charge >= 0.3 is 17.1 Å². The fourth-order valence-corrected chi connectivity index (χ4v) is 0.817.